The van der Waals surface area contributed by atoms with Crippen molar-refractivity contribution in [1.29, 1.82) is 0 Å². The molecular weight excluding hydrogens is 320 g/mol. The number of rotatable bonds is 8. The van der Waals surface area contributed by atoms with Crippen molar-refractivity contribution in [3.8, 4) is 23.0 Å². The van der Waals surface area contributed by atoms with Crippen LogP contribution in [0.15, 0.2) is 60.7 Å². The third-order valence-electron chi connectivity index (χ3n) is 3.62. The van der Waals surface area contributed by atoms with E-state index in [1.165, 1.54) is 0 Å². The molecule has 0 aliphatic rings. The first-order valence-corrected chi connectivity index (χ1v) is 8.08. The van der Waals surface area contributed by atoms with Crippen LogP contribution in [-0.4, -0.2) is 36.6 Å². The Bertz CT molecular complexity index is 831. The van der Waals surface area contributed by atoms with Gasteiger partial charge in [0.25, 0.3) is 0 Å². The second-order valence-electron chi connectivity index (χ2n) is 5.38. The second-order valence-corrected chi connectivity index (χ2v) is 5.38. The molecule has 0 saturated heterocycles. The van der Waals surface area contributed by atoms with E-state index in [2.05, 4.69) is 0 Å². The van der Waals surface area contributed by atoms with Crippen molar-refractivity contribution in [2.75, 3.05) is 26.4 Å². The highest BCUT2D eigenvalue weighted by molar-refractivity contribution is 5.85. The molecule has 0 amide bonds. The molecule has 3 aromatic carbocycles. The van der Waals surface area contributed by atoms with Crippen LogP contribution in [0.4, 0.5) is 0 Å². The van der Waals surface area contributed by atoms with Crippen LogP contribution in [0.5, 0.6) is 23.0 Å². The highest BCUT2D eigenvalue weighted by Gasteiger charge is 2.07. The fourth-order valence-corrected chi connectivity index (χ4v) is 2.47. The molecule has 0 atom stereocenters. The minimum atomic E-state index is -0.0569. The summed E-state index contributed by atoms with van der Waals surface area (Å²) in [7, 11) is 0. The molecule has 0 spiro atoms. The maximum Gasteiger partial charge on any atom is 0.161 e. The van der Waals surface area contributed by atoms with Crippen LogP contribution < -0.4 is 14.2 Å². The van der Waals surface area contributed by atoms with Crippen LogP contribution in [0.25, 0.3) is 10.8 Å². The van der Waals surface area contributed by atoms with E-state index in [4.69, 9.17) is 19.3 Å². The normalized spacial score (nSPS) is 10.6. The molecule has 5 nitrogen and oxygen atoms in total. The minimum Gasteiger partial charge on any atom is -0.504 e. The topological polar surface area (TPSA) is 68.2 Å². The van der Waals surface area contributed by atoms with E-state index in [1.807, 2.05) is 42.5 Å². The molecular formula is C20H20O5. The van der Waals surface area contributed by atoms with Gasteiger partial charge in [0.1, 0.15) is 19.8 Å². The fraction of sp³-hybridized carbons (Fsp3) is 0.200. The van der Waals surface area contributed by atoms with Crippen molar-refractivity contribution in [3.05, 3.63) is 60.7 Å². The van der Waals surface area contributed by atoms with Gasteiger partial charge in [0.05, 0.1) is 6.61 Å². The van der Waals surface area contributed by atoms with Crippen molar-refractivity contribution >= 4 is 10.8 Å². The number of hydrogen-bond donors (Lipinski definition) is 2. The Kier molecular flexibility index (Phi) is 5.59. The van der Waals surface area contributed by atoms with Crippen LogP contribution in [0.3, 0.4) is 0 Å². The van der Waals surface area contributed by atoms with Gasteiger partial charge in [-0.1, -0.05) is 36.4 Å². The first kappa shape index (κ1) is 16.9. The van der Waals surface area contributed by atoms with Gasteiger partial charge < -0.3 is 24.4 Å². The molecule has 0 heterocycles. The maximum atomic E-state index is 10.1. The number of benzene rings is 3. The fourth-order valence-electron chi connectivity index (χ4n) is 2.47. The summed E-state index contributed by atoms with van der Waals surface area (Å²) in [6.07, 6.45) is 0. The minimum absolute atomic E-state index is 0.0569. The predicted octanol–water partition coefficient (Wildman–Crippen LogP) is 3.37. The molecule has 25 heavy (non-hydrogen) atoms. The largest absolute Gasteiger partial charge is 0.504 e. The second kappa shape index (κ2) is 8.26. The maximum absolute atomic E-state index is 10.1. The zero-order valence-corrected chi connectivity index (χ0v) is 13.7. The molecule has 130 valence electrons. The monoisotopic (exact) mass is 340 g/mol. The van der Waals surface area contributed by atoms with E-state index in [0.717, 1.165) is 10.8 Å². The molecule has 0 aromatic heterocycles. The van der Waals surface area contributed by atoms with E-state index in [0.29, 0.717) is 23.9 Å². The summed E-state index contributed by atoms with van der Waals surface area (Å²) in [5.74, 6) is 1.69. The third-order valence-corrected chi connectivity index (χ3v) is 3.62. The summed E-state index contributed by atoms with van der Waals surface area (Å²) in [4.78, 5) is 0. The number of fused-ring (bicyclic) bond motifs is 1. The van der Waals surface area contributed by atoms with E-state index < -0.39 is 0 Å². The Labute approximate surface area is 146 Å². The van der Waals surface area contributed by atoms with Crippen molar-refractivity contribution in [3.63, 3.8) is 0 Å². The van der Waals surface area contributed by atoms with Crippen molar-refractivity contribution in [1.82, 2.24) is 0 Å². The molecule has 3 rings (SSSR count). The van der Waals surface area contributed by atoms with Gasteiger partial charge >= 0.3 is 0 Å². The SMILES string of the molecule is OCCOc1ccccc1OCCOc1cc2ccccc2cc1O. The van der Waals surface area contributed by atoms with Crippen LogP contribution >= 0.6 is 0 Å². The molecule has 0 fully saturated rings. The lowest BCUT2D eigenvalue weighted by atomic mass is 10.1. The quantitative estimate of drug-likeness (QED) is 0.615. The van der Waals surface area contributed by atoms with Crippen LogP contribution in [-0.2, 0) is 0 Å². The molecule has 0 aliphatic heterocycles. The number of aliphatic hydroxyl groups is 1. The summed E-state index contributed by atoms with van der Waals surface area (Å²) in [6.45, 7) is 0.729. The zero-order chi connectivity index (χ0) is 17.5. The van der Waals surface area contributed by atoms with E-state index in [9.17, 15) is 5.11 Å². The predicted molar refractivity (Wildman–Crippen MR) is 95.6 cm³/mol. The lowest BCUT2D eigenvalue weighted by Gasteiger charge is -2.13. The number of para-hydroxylation sites is 2. The lowest BCUT2D eigenvalue weighted by Crippen LogP contribution is -2.10. The van der Waals surface area contributed by atoms with Gasteiger partial charge in [0, 0.05) is 0 Å². The summed E-state index contributed by atoms with van der Waals surface area (Å²) < 4.78 is 16.7. The Morgan fingerprint density at radius 1 is 0.640 bits per heavy atom. The van der Waals surface area contributed by atoms with Gasteiger partial charge in [-0.25, -0.2) is 0 Å². The average Bonchev–Trinajstić information content (AvgIpc) is 2.64. The van der Waals surface area contributed by atoms with Gasteiger partial charge in [-0.2, -0.15) is 0 Å². The highest BCUT2D eigenvalue weighted by Crippen LogP contribution is 2.31. The first-order chi connectivity index (χ1) is 12.3. The third kappa shape index (κ3) is 4.33. The molecule has 0 saturated carbocycles. The summed E-state index contributed by atoms with van der Waals surface area (Å²) in [6, 6.07) is 18.5. The van der Waals surface area contributed by atoms with Crippen molar-refractivity contribution in [2.45, 2.75) is 0 Å². The van der Waals surface area contributed by atoms with Crippen LogP contribution in [0.2, 0.25) is 0 Å². The van der Waals surface area contributed by atoms with E-state index >= 15 is 0 Å². The summed E-state index contributed by atoms with van der Waals surface area (Å²) in [5.41, 5.74) is 0. The van der Waals surface area contributed by atoms with Crippen molar-refractivity contribution < 1.29 is 24.4 Å². The van der Waals surface area contributed by atoms with Crippen molar-refractivity contribution in [2.24, 2.45) is 0 Å². The molecule has 0 radical (unpaired) electrons. The van der Waals surface area contributed by atoms with Gasteiger partial charge in [-0.15, -0.1) is 0 Å². The van der Waals surface area contributed by atoms with E-state index in [1.54, 1.807) is 18.2 Å². The number of aromatic hydroxyl groups is 1. The molecule has 0 aliphatic carbocycles. The standard InChI is InChI=1S/C20H20O5/c21-9-10-23-18-7-3-4-8-19(18)24-11-12-25-20-14-16-6-2-1-5-15(16)13-17(20)22/h1-8,13-14,21-22H,9-12H2. The Balaban J connectivity index is 1.58. The Morgan fingerprint density at radius 3 is 1.80 bits per heavy atom. The van der Waals surface area contributed by atoms with Gasteiger partial charge in [-0.05, 0) is 35.0 Å². The van der Waals surface area contributed by atoms with E-state index in [-0.39, 0.29) is 25.6 Å². The zero-order valence-electron chi connectivity index (χ0n) is 13.7. The molecule has 0 bridgehead atoms. The average molecular weight is 340 g/mol. The van der Waals surface area contributed by atoms with Crippen LogP contribution in [0, 0.1) is 0 Å². The Morgan fingerprint density at radius 2 is 1.16 bits per heavy atom. The van der Waals surface area contributed by atoms with Gasteiger partial charge in [-0.3, -0.25) is 0 Å². The smallest absolute Gasteiger partial charge is 0.161 e. The number of aliphatic hydroxyl groups excluding tert-OH is 1. The van der Waals surface area contributed by atoms with Gasteiger partial charge in [0.2, 0.25) is 0 Å². The van der Waals surface area contributed by atoms with Gasteiger partial charge in [0.15, 0.2) is 23.0 Å². The molecule has 5 heteroatoms. The first-order valence-electron chi connectivity index (χ1n) is 8.08. The number of ether oxygens (including phenoxy) is 3. The van der Waals surface area contributed by atoms with Crippen LogP contribution in [0.1, 0.15) is 0 Å². The Hall–Kier alpha value is -2.92. The number of hydrogen-bond acceptors (Lipinski definition) is 5. The summed E-state index contributed by atoms with van der Waals surface area (Å²) >= 11 is 0. The molecule has 2 N–H and O–H groups in total. The summed E-state index contributed by atoms with van der Waals surface area (Å²) in [5, 5.41) is 20.9. The molecule has 3 aromatic rings. The highest BCUT2D eigenvalue weighted by atomic mass is 16.5. The number of phenolic OH excluding ortho intramolecular Hbond substituents is 1. The number of phenols is 1. The molecule has 0 unspecified atom stereocenters. The lowest BCUT2D eigenvalue weighted by molar-refractivity contribution is 0.183.